The Hall–Kier alpha value is -4.23. The molecule has 506 valence electrons. The number of carbonyl (C=O) groups excluding carboxylic acids is 1. The van der Waals surface area contributed by atoms with Crippen molar-refractivity contribution in [3.63, 3.8) is 0 Å². The van der Waals surface area contributed by atoms with Crippen LogP contribution < -0.4 is 9.64 Å². The van der Waals surface area contributed by atoms with Gasteiger partial charge in [-0.25, -0.2) is 22.5 Å². The average Bonchev–Trinajstić information content (AvgIpc) is 1.53. The lowest BCUT2D eigenvalue weighted by Gasteiger charge is -2.54. The number of fused-ring (bicyclic) bond motifs is 1. The highest BCUT2D eigenvalue weighted by molar-refractivity contribution is 7.51. The number of esters is 1. The molecule has 2 saturated heterocycles. The summed E-state index contributed by atoms with van der Waals surface area (Å²) in [4.78, 5) is 41.4. The molecule has 5 heterocycles. The van der Waals surface area contributed by atoms with Gasteiger partial charge in [0.05, 0.1) is 208 Å². The molecule has 3 N–H and O–H groups in total. The van der Waals surface area contributed by atoms with Gasteiger partial charge in [0.1, 0.15) is 35.4 Å². The molecule has 4 atom stereocenters. The highest BCUT2D eigenvalue weighted by atomic mass is 35.5. The Morgan fingerprint density at radius 1 is 0.678 bits per heavy atom. The molecule has 0 bridgehead atoms. The first-order valence-corrected chi connectivity index (χ1v) is 32.3. The van der Waals surface area contributed by atoms with E-state index >= 15 is 0 Å². The number of benzene rings is 1. The number of halogens is 4. The summed E-state index contributed by atoms with van der Waals surface area (Å²) >= 11 is 6.44. The Balaban J connectivity index is 0.512. The number of anilines is 1. The second-order valence-electron chi connectivity index (χ2n) is 21.8. The lowest BCUT2D eigenvalue weighted by Crippen LogP contribution is -2.58. The molecule has 0 amide bonds. The number of hydrogen-bond donors (Lipinski definition) is 3. The van der Waals surface area contributed by atoms with E-state index in [2.05, 4.69) is 35.0 Å². The molecule has 90 heavy (non-hydrogen) atoms. The number of aromatic nitrogens is 7. The van der Waals surface area contributed by atoms with E-state index in [-0.39, 0.29) is 49.5 Å². The van der Waals surface area contributed by atoms with Crippen LogP contribution in [0.5, 0.6) is 5.75 Å². The number of hydrogen-bond acceptors (Lipinski definition) is 25. The van der Waals surface area contributed by atoms with Crippen LogP contribution in [0.4, 0.5) is 19.0 Å². The van der Waals surface area contributed by atoms with Gasteiger partial charge in [-0.15, -0.1) is 5.10 Å². The predicted molar refractivity (Wildman–Crippen MR) is 308 cm³/mol. The summed E-state index contributed by atoms with van der Waals surface area (Å²) in [5.41, 5.74) is 0.453. The summed E-state index contributed by atoms with van der Waals surface area (Å²) in [6.07, 6.45) is 4.95. The number of carbonyl (C=O) groups is 1. The minimum Gasteiger partial charge on any atom is -0.420 e. The minimum atomic E-state index is -4.34. The molecule has 34 heteroatoms. The summed E-state index contributed by atoms with van der Waals surface area (Å²) in [5, 5.41) is 24.5. The van der Waals surface area contributed by atoms with Gasteiger partial charge >= 0.3 is 13.6 Å². The number of aliphatic hydroxyl groups excluding tert-OH is 1. The molecular weight excluding hydrogens is 1240 g/mol. The maximum Gasteiger partial charge on any atom is 0.350 e. The van der Waals surface area contributed by atoms with Gasteiger partial charge in [-0.1, -0.05) is 5.21 Å². The first-order chi connectivity index (χ1) is 43.7. The van der Waals surface area contributed by atoms with Gasteiger partial charge in [-0.2, -0.15) is 15.1 Å². The molecule has 29 nitrogen and oxygen atoms in total. The van der Waals surface area contributed by atoms with Crippen LogP contribution in [0.2, 0.25) is 5.28 Å². The van der Waals surface area contributed by atoms with Crippen LogP contribution in [0.15, 0.2) is 24.5 Å². The van der Waals surface area contributed by atoms with Crippen LogP contribution in [0.25, 0.3) is 11.0 Å². The molecular formula is C56H83ClF3N8O21P. The van der Waals surface area contributed by atoms with Crippen molar-refractivity contribution in [1.82, 2.24) is 34.7 Å². The third-order valence-electron chi connectivity index (χ3n) is 14.9. The Morgan fingerprint density at radius 3 is 1.73 bits per heavy atom. The first-order valence-electron chi connectivity index (χ1n) is 30.1. The SMILES string of the molecule is O=C(CCOCCOCCOCCOCCOCCOCCOCCOCCn1cc(COCCOCCOCCOCCOC2CCC3(CC2)CN(c2nc(Cl)nc4c2cnn4[C@@H]2OC4(C[C@H]2O)C[C@@H]4OCP(=O)(O)O)C3)nn1)Oc1c(F)cc(F)cc1F. The molecule has 2 spiro atoms. The van der Waals surface area contributed by atoms with E-state index in [9.17, 15) is 37.4 Å². The number of rotatable bonds is 48. The zero-order valence-corrected chi connectivity index (χ0v) is 52.0. The summed E-state index contributed by atoms with van der Waals surface area (Å²) in [5.74, 6) is -4.93. The molecule has 2 saturated carbocycles. The molecule has 8 rings (SSSR count). The second-order valence-corrected chi connectivity index (χ2v) is 23.7. The zero-order valence-electron chi connectivity index (χ0n) is 50.3. The molecule has 4 aromatic rings. The summed E-state index contributed by atoms with van der Waals surface area (Å²) in [6, 6.07) is 0.843. The molecule has 4 aliphatic rings. The van der Waals surface area contributed by atoms with Gasteiger partial charge in [0, 0.05) is 43.5 Å². The molecule has 3 aromatic heterocycles. The lowest BCUT2D eigenvalue weighted by molar-refractivity contribution is -0.136. The third kappa shape index (κ3) is 24.0. The monoisotopic (exact) mass is 1330 g/mol. The number of ether oxygens (including phenoxy) is 16. The van der Waals surface area contributed by atoms with Crippen molar-refractivity contribution in [2.75, 3.05) is 183 Å². The maximum atomic E-state index is 13.6. The fourth-order valence-corrected chi connectivity index (χ4v) is 10.8. The highest BCUT2D eigenvalue weighted by Gasteiger charge is 2.64. The van der Waals surface area contributed by atoms with E-state index in [1.54, 1.807) is 10.9 Å². The van der Waals surface area contributed by atoms with Crippen LogP contribution in [-0.4, -0.2) is 258 Å². The van der Waals surface area contributed by atoms with E-state index in [1.807, 2.05) is 6.20 Å². The smallest absolute Gasteiger partial charge is 0.350 e. The Kier molecular flexibility index (Phi) is 29.9. The lowest BCUT2D eigenvalue weighted by atomic mass is 9.68. The molecule has 2 aliphatic heterocycles. The predicted octanol–water partition coefficient (Wildman–Crippen LogP) is 3.59. The van der Waals surface area contributed by atoms with Crippen LogP contribution >= 0.6 is 19.2 Å². The third-order valence-corrected chi connectivity index (χ3v) is 15.5. The molecule has 4 fully saturated rings. The normalized spacial score (nSPS) is 19.9. The van der Waals surface area contributed by atoms with Crippen LogP contribution in [0.1, 0.15) is 56.9 Å². The molecule has 0 radical (unpaired) electrons. The van der Waals surface area contributed by atoms with Crippen molar-refractivity contribution < 1.29 is 113 Å². The molecule has 1 aromatic carbocycles. The minimum absolute atomic E-state index is 0.0488. The quantitative estimate of drug-likeness (QED) is 0.0187. The Bertz CT molecular complexity index is 2780. The van der Waals surface area contributed by atoms with Gasteiger partial charge in [0.25, 0.3) is 0 Å². The summed E-state index contributed by atoms with van der Waals surface area (Å²) in [7, 11) is -4.34. The zero-order chi connectivity index (χ0) is 63.4. The van der Waals surface area contributed by atoms with Crippen LogP contribution in [0, 0.1) is 22.9 Å². The molecule has 1 unspecified atom stereocenters. The van der Waals surface area contributed by atoms with E-state index in [4.69, 9.17) is 82.7 Å². The van der Waals surface area contributed by atoms with Gasteiger partial charge in [-0.05, 0) is 37.3 Å². The maximum absolute atomic E-state index is 13.6. The van der Waals surface area contributed by atoms with E-state index < -0.39 is 67.2 Å². The number of aliphatic hydroxyl groups is 1. The summed E-state index contributed by atoms with van der Waals surface area (Å²) < 4.78 is 143. The fraction of sp³-hybridized carbons (Fsp3) is 0.750. The Morgan fingerprint density at radius 2 is 1.19 bits per heavy atom. The van der Waals surface area contributed by atoms with Gasteiger partial charge in [0.15, 0.2) is 23.5 Å². The van der Waals surface area contributed by atoms with Crippen molar-refractivity contribution in [1.29, 1.82) is 0 Å². The van der Waals surface area contributed by atoms with Crippen LogP contribution in [-0.2, 0) is 93.6 Å². The van der Waals surface area contributed by atoms with E-state index in [0.717, 1.165) is 38.8 Å². The Labute approximate surface area is 523 Å². The molecule has 2 aliphatic carbocycles. The van der Waals surface area contributed by atoms with Crippen molar-refractivity contribution in [3.8, 4) is 5.75 Å². The second kappa shape index (κ2) is 37.6. The van der Waals surface area contributed by atoms with Crippen molar-refractivity contribution in [3.05, 3.63) is 53.0 Å². The largest absolute Gasteiger partial charge is 0.420 e. The average molecular weight is 1330 g/mol. The van der Waals surface area contributed by atoms with Gasteiger partial charge in [-0.3, -0.25) is 9.36 Å². The van der Waals surface area contributed by atoms with E-state index in [1.165, 1.54) is 4.68 Å². The highest BCUT2D eigenvalue weighted by Crippen LogP contribution is 2.56. The van der Waals surface area contributed by atoms with Crippen molar-refractivity contribution >= 4 is 42.0 Å². The van der Waals surface area contributed by atoms with E-state index in [0.29, 0.717) is 193 Å². The standard InChI is InChI=1S/C56H83ClF3N8O21P/c57-54-62-51(44-35-61-68(52(44)63-54)53-47(69)33-56(89-53)34-48(56)87-40-90(71,72)73)66-38-55(39-66)4-1-43(2-5-55)86-30-29-84-26-25-82-23-24-83-27-28-85-37-42-36-67(65-64-42)6-8-75-10-12-77-14-16-79-18-20-81-22-21-80-19-17-78-15-13-76-11-9-74-7-3-49(70)88-50-45(59)31-41(58)32-46(50)60/h31-32,35-36,43,47-48,53,69H,1-30,33-34,37-40H2,(H2,71,72,73)/t47-,48+,53-,56?/m1/s1. The van der Waals surface area contributed by atoms with Crippen LogP contribution in [0.3, 0.4) is 0 Å². The summed E-state index contributed by atoms with van der Waals surface area (Å²) in [6.45, 7) is 11.8. The van der Waals surface area contributed by atoms with Gasteiger partial charge < -0.3 is 95.6 Å². The first kappa shape index (κ1) is 71.6. The van der Waals surface area contributed by atoms with Crippen molar-refractivity contribution in [2.45, 2.75) is 88.2 Å². The number of nitrogens with zero attached hydrogens (tertiary/aromatic N) is 8. The topological polar surface area (TPSA) is 320 Å². The van der Waals surface area contributed by atoms with Gasteiger partial charge in [0.2, 0.25) is 11.0 Å². The fourth-order valence-electron chi connectivity index (χ4n) is 10.3. The van der Waals surface area contributed by atoms with Crippen molar-refractivity contribution in [2.24, 2.45) is 5.41 Å².